The van der Waals surface area contributed by atoms with Crippen molar-refractivity contribution in [1.29, 1.82) is 0 Å². The lowest BCUT2D eigenvalue weighted by Gasteiger charge is -2.28. The Labute approximate surface area is 87.5 Å². The third kappa shape index (κ3) is 1.52. The van der Waals surface area contributed by atoms with Crippen molar-refractivity contribution in [1.82, 2.24) is 0 Å². The van der Waals surface area contributed by atoms with Crippen LogP contribution in [0.3, 0.4) is 0 Å². The molecule has 1 N–H and O–H groups in total. The Bertz CT molecular complexity index is 403. The van der Waals surface area contributed by atoms with E-state index < -0.39 is 11.6 Å². The van der Waals surface area contributed by atoms with Crippen molar-refractivity contribution in [2.24, 2.45) is 0 Å². The zero-order valence-electron chi connectivity index (χ0n) is 8.61. The molecule has 0 bridgehead atoms. The first kappa shape index (κ1) is 9.83. The minimum Gasteiger partial charge on any atom is -0.497 e. The Balaban J connectivity index is 2.34. The summed E-state index contributed by atoms with van der Waals surface area (Å²) in [5.74, 6) is -0.297. The molecule has 1 aliphatic heterocycles. The molecule has 0 radical (unpaired) electrons. The lowest BCUT2D eigenvalue weighted by atomic mass is 9.89. The Kier molecular flexibility index (Phi) is 2.07. The monoisotopic (exact) mass is 208 g/mol. The first-order valence-electron chi connectivity index (χ1n) is 4.65. The molecule has 0 fully saturated rings. The average Bonchev–Trinajstić information content (AvgIpc) is 2.54. The summed E-state index contributed by atoms with van der Waals surface area (Å²) in [7, 11) is 1.59. The van der Waals surface area contributed by atoms with E-state index in [9.17, 15) is 4.79 Å². The van der Waals surface area contributed by atoms with Gasteiger partial charge in [0.25, 0.3) is 0 Å². The third-order valence-corrected chi connectivity index (χ3v) is 2.67. The molecular formula is C11H12O4. The van der Waals surface area contributed by atoms with Crippen LogP contribution in [0.15, 0.2) is 35.3 Å². The number of carboxylic acids is 1. The quantitative estimate of drug-likeness (QED) is 0.748. The Hall–Kier alpha value is -1.71. The largest absolute Gasteiger partial charge is 0.497 e. The van der Waals surface area contributed by atoms with Crippen LogP contribution in [-0.2, 0) is 14.3 Å². The Morgan fingerprint density at radius 2 is 2.33 bits per heavy atom. The number of fused-ring (bicyclic) bond motifs is 1. The van der Waals surface area contributed by atoms with Crippen LogP contribution in [0.5, 0.6) is 0 Å². The van der Waals surface area contributed by atoms with E-state index in [-0.39, 0.29) is 5.76 Å². The Morgan fingerprint density at radius 1 is 1.60 bits per heavy atom. The molecule has 2 rings (SSSR count). The van der Waals surface area contributed by atoms with Crippen LogP contribution in [0.1, 0.15) is 13.3 Å². The fraction of sp³-hybridized carbons (Fsp3) is 0.364. The van der Waals surface area contributed by atoms with Gasteiger partial charge in [-0.2, -0.15) is 0 Å². The van der Waals surface area contributed by atoms with E-state index >= 15 is 0 Å². The molecule has 15 heavy (non-hydrogen) atoms. The summed E-state index contributed by atoms with van der Waals surface area (Å²) in [6, 6.07) is 0. The standard InChI is InChI=1S/C11H12O4/c1-11-4-3-8(14-2)5-7(11)6-9(15-11)10(12)13/h3,5-6H,4H2,1-2H3,(H,12,13). The summed E-state index contributed by atoms with van der Waals surface area (Å²) in [4.78, 5) is 10.8. The molecule has 0 aromatic heterocycles. The molecule has 80 valence electrons. The maximum Gasteiger partial charge on any atom is 0.371 e. The van der Waals surface area contributed by atoms with Crippen molar-refractivity contribution in [2.75, 3.05) is 7.11 Å². The van der Waals surface area contributed by atoms with Crippen molar-refractivity contribution < 1.29 is 19.4 Å². The summed E-state index contributed by atoms with van der Waals surface area (Å²) in [6.45, 7) is 1.87. The second kappa shape index (κ2) is 3.15. The van der Waals surface area contributed by atoms with Crippen LogP contribution < -0.4 is 0 Å². The molecular weight excluding hydrogens is 196 g/mol. The van der Waals surface area contributed by atoms with Gasteiger partial charge in [0, 0.05) is 12.0 Å². The van der Waals surface area contributed by atoms with Gasteiger partial charge < -0.3 is 14.6 Å². The van der Waals surface area contributed by atoms with Crippen molar-refractivity contribution in [3.05, 3.63) is 35.3 Å². The molecule has 0 aromatic rings. The van der Waals surface area contributed by atoms with E-state index in [4.69, 9.17) is 14.6 Å². The number of aliphatic carboxylic acids is 1. The van der Waals surface area contributed by atoms with Gasteiger partial charge in [0.1, 0.15) is 11.4 Å². The molecule has 1 atom stereocenters. The lowest BCUT2D eigenvalue weighted by molar-refractivity contribution is -0.138. The Morgan fingerprint density at radius 3 is 2.93 bits per heavy atom. The summed E-state index contributed by atoms with van der Waals surface area (Å²) in [5, 5.41) is 8.83. The minimum absolute atomic E-state index is 0.00509. The van der Waals surface area contributed by atoms with Crippen LogP contribution in [-0.4, -0.2) is 23.8 Å². The highest BCUT2D eigenvalue weighted by Crippen LogP contribution is 2.39. The van der Waals surface area contributed by atoms with Crippen LogP contribution >= 0.6 is 0 Å². The number of rotatable bonds is 2. The second-order valence-electron chi connectivity index (χ2n) is 3.76. The molecule has 0 aromatic carbocycles. The van der Waals surface area contributed by atoms with Gasteiger partial charge in [0.15, 0.2) is 0 Å². The number of allylic oxidation sites excluding steroid dienone is 1. The summed E-state index contributed by atoms with van der Waals surface area (Å²) in [6.07, 6.45) is 5.87. The number of ether oxygens (including phenoxy) is 2. The molecule has 4 heteroatoms. The number of hydrogen-bond acceptors (Lipinski definition) is 3. The lowest BCUT2D eigenvalue weighted by Crippen LogP contribution is -2.28. The van der Waals surface area contributed by atoms with Crippen LogP contribution in [0, 0.1) is 0 Å². The molecule has 1 aliphatic carbocycles. The maximum atomic E-state index is 10.8. The van der Waals surface area contributed by atoms with Crippen LogP contribution in [0.25, 0.3) is 0 Å². The molecule has 0 spiro atoms. The van der Waals surface area contributed by atoms with Gasteiger partial charge in [-0.25, -0.2) is 4.79 Å². The molecule has 1 heterocycles. The number of carboxylic acid groups (broad SMARTS) is 1. The fourth-order valence-electron chi connectivity index (χ4n) is 1.73. The van der Waals surface area contributed by atoms with Crippen LogP contribution in [0.4, 0.5) is 0 Å². The van der Waals surface area contributed by atoms with E-state index in [0.29, 0.717) is 6.42 Å². The minimum atomic E-state index is -1.04. The molecule has 1 unspecified atom stereocenters. The molecule has 0 saturated heterocycles. The third-order valence-electron chi connectivity index (χ3n) is 2.67. The van der Waals surface area contributed by atoms with Gasteiger partial charge in [-0.15, -0.1) is 0 Å². The highest BCUT2D eigenvalue weighted by atomic mass is 16.5. The fourth-order valence-corrected chi connectivity index (χ4v) is 1.73. The average molecular weight is 208 g/mol. The van der Waals surface area contributed by atoms with Gasteiger partial charge in [-0.1, -0.05) is 0 Å². The van der Waals surface area contributed by atoms with Crippen molar-refractivity contribution in [3.8, 4) is 0 Å². The van der Waals surface area contributed by atoms with Gasteiger partial charge in [-0.3, -0.25) is 0 Å². The molecule has 0 saturated carbocycles. The van der Waals surface area contributed by atoms with Crippen molar-refractivity contribution in [3.63, 3.8) is 0 Å². The van der Waals surface area contributed by atoms with E-state index in [1.807, 2.05) is 13.0 Å². The molecule has 2 aliphatic rings. The normalized spacial score (nSPS) is 28.3. The zero-order valence-corrected chi connectivity index (χ0v) is 8.61. The SMILES string of the molecule is COC1=CCC2(C)OC(C(=O)O)=CC2=C1. The van der Waals surface area contributed by atoms with E-state index in [2.05, 4.69) is 0 Å². The summed E-state index contributed by atoms with van der Waals surface area (Å²) >= 11 is 0. The smallest absolute Gasteiger partial charge is 0.371 e. The van der Waals surface area contributed by atoms with Gasteiger partial charge in [0.05, 0.1) is 7.11 Å². The first-order valence-corrected chi connectivity index (χ1v) is 4.65. The predicted molar refractivity (Wildman–Crippen MR) is 53.0 cm³/mol. The first-order chi connectivity index (χ1) is 7.05. The summed E-state index contributed by atoms with van der Waals surface area (Å²) in [5.41, 5.74) is 0.301. The predicted octanol–water partition coefficient (Wildman–Crippen LogP) is 1.60. The van der Waals surface area contributed by atoms with Crippen LogP contribution in [0.2, 0.25) is 0 Å². The van der Waals surface area contributed by atoms with Crippen molar-refractivity contribution >= 4 is 5.97 Å². The number of carbonyl (C=O) groups is 1. The van der Waals surface area contributed by atoms with Gasteiger partial charge >= 0.3 is 5.97 Å². The maximum absolute atomic E-state index is 10.8. The molecule has 4 nitrogen and oxygen atoms in total. The van der Waals surface area contributed by atoms with Gasteiger partial charge in [-0.05, 0) is 25.2 Å². The highest BCUT2D eigenvalue weighted by molar-refractivity contribution is 5.86. The summed E-state index contributed by atoms with van der Waals surface area (Å²) < 4.78 is 10.5. The van der Waals surface area contributed by atoms with E-state index in [0.717, 1.165) is 11.3 Å². The number of hydrogen-bond donors (Lipinski definition) is 1. The van der Waals surface area contributed by atoms with Crippen molar-refractivity contribution in [2.45, 2.75) is 18.9 Å². The van der Waals surface area contributed by atoms with E-state index in [1.165, 1.54) is 0 Å². The highest BCUT2D eigenvalue weighted by Gasteiger charge is 2.39. The topological polar surface area (TPSA) is 55.8 Å². The number of methoxy groups -OCH3 is 1. The van der Waals surface area contributed by atoms with Gasteiger partial charge in [0.2, 0.25) is 5.76 Å². The zero-order chi connectivity index (χ0) is 11.1. The molecule has 0 amide bonds. The second-order valence-corrected chi connectivity index (χ2v) is 3.76. The van der Waals surface area contributed by atoms with E-state index in [1.54, 1.807) is 19.3 Å².